The van der Waals surface area contributed by atoms with E-state index in [2.05, 4.69) is 0 Å². The van der Waals surface area contributed by atoms with Crippen LogP contribution in [-0.2, 0) is 4.79 Å². The minimum atomic E-state index is 0.194. The molecule has 0 saturated heterocycles. The van der Waals surface area contributed by atoms with Gasteiger partial charge in [-0.25, -0.2) is 0 Å². The number of hydrogen-bond donors (Lipinski definition) is 0. The lowest BCUT2D eigenvalue weighted by molar-refractivity contribution is -0.107. The molecule has 0 unspecified atom stereocenters. The SMILES string of the molecule is CCCC=O.ClCCl. The van der Waals surface area contributed by atoms with Gasteiger partial charge in [0.1, 0.15) is 6.29 Å². The summed E-state index contributed by atoms with van der Waals surface area (Å²) in [5.74, 6) is 0. The number of carbonyl (C=O) groups excluding carboxylic acids is 1. The van der Waals surface area contributed by atoms with E-state index in [9.17, 15) is 4.79 Å². The van der Waals surface area contributed by atoms with E-state index in [1.165, 1.54) is 0 Å². The minimum Gasteiger partial charge on any atom is -0.303 e. The van der Waals surface area contributed by atoms with Crippen LogP contribution in [0.15, 0.2) is 0 Å². The topological polar surface area (TPSA) is 17.1 Å². The molecule has 0 saturated carbocycles. The monoisotopic (exact) mass is 156 g/mol. The van der Waals surface area contributed by atoms with Crippen molar-refractivity contribution in [2.45, 2.75) is 19.8 Å². The van der Waals surface area contributed by atoms with Gasteiger partial charge in [-0.05, 0) is 6.42 Å². The highest BCUT2D eigenvalue weighted by Crippen LogP contribution is 1.74. The molecule has 0 aromatic carbocycles. The van der Waals surface area contributed by atoms with E-state index in [-0.39, 0.29) is 5.34 Å². The quantitative estimate of drug-likeness (QED) is 0.444. The van der Waals surface area contributed by atoms with E-state index >= 15 is 0 Å². The third-order valence-electron chi connectivity index (χ3n) is 0.407. The third-order valence-corrected chi connectivity index (χ3v) is 0.407. The smallest absolute Gasteiger partial charge is 0.119 e. The van der Waals surface area contributed by atoms with E-state index in [0.717, 1.165) is 12.7 Å². The largest absolute Gasteiger partial charge is 0.303 e. The maximum absolute atomic E-state index is 9.40. The number of aldehydes is 1. The van der Waals surface area contributed by atoms with E-state index in [4.69, 9.17) is 23.2 Å². The van der Waals surface area contributed by atoms with Gasteiger partial charge in [-0.1, -0.05) is 6.92 Å². The molecule has 0 fully saturated rings. The number of unbranched alkanes of at least 4 members (excludes halogenated alkanes) is 1. The maximum Gasteiger partial charge on any atom is 0.119 e. The Balaban J connectivity index is 0. The first-order valence-corrected chi connectivity index (χ1v) is 3.45. The predicted molar refractivity (Wildman–Crippen MR) is 37.5 cm³/mol. The number of alkyl halides is 2. The Morgan fingerprint density at radius 3 is 1.88 bits per heavy atom. The van der Waals surface area contributed by atoms with E-state index < -0.39 is 0 Å². The molecule has 8 heavy (non-hydrogen) atoms. The second kappa shape index (κ2) is 15.7. The summed E-state index contributed by atoms with van der Waals surface area (Å²) >= 11 is 9.53. The fourth-order valence-electron chi connectivity index (χ4n) is 0.118. The molecule has 0 aliphatic rings. The van der Waals surface area contributed by atoms with Crippen LogP contribution in [0.1, 0.15) is 19.8 Å². The van der Waals surface area contributed by atoms with Gasteiger partial charge in [-0.3, -0.25) is 0 Å². The summed E-state index contributed by atoms with van der Waals surface area (Å²) in [5.41, 5.74) is 0. The summed E-state index contributed by atoms with van der Waals surface area (Å²) in [6.07, 6.45) is 2.61. The molecule has 0 bridgehead atoms. The van der Waals surface area contributed by atoms with Crippen molar-refractivity contribution < 1.29 is 4.79 Å². The highest BCUT2D eigenvalue weighted by molar-refractivity contribution is 6.40. The lowest BCUT2D eigenvalue weighted by Gasteiger charge is -1.68. The van der Waals surface area contributed by atoms with Crippen molar-refractivity contribution in [1.82, 2.24) is 0 Å². The summed E-state index contributed by atoms with van der Waals surface area (Å²) in [7, 11) is 0. The van der Waals surface area contributed by atoms with Gasteiger partial charge in [0, 0.05) is 6.42 Å². The van der Waals surface area contributed by atoms with E-state index in [0.29, 0.717) is 6.42 Å². The van der Waals surface area contributed by atoms with Gasteiger partial charge in [0.2, 0.25) is 0 Å². The zero-order valence-corrected chi connectivity index (χ0v) is 6.37. The molecule has 0 rings (SSSR count). The molecule has 50 valence electrons. The van der Waals surface area contributed by atoms with Gasteiger partial charge in [-0.15, -0.1) is 23.2 Å². The molecule has 3 heteroatoms. The van der Waals surface area contributed by atoms with Crippen LogP contribution in [0.25, 0.3) is 0 Å². The molecule has 0 aromatic rings. The van der Waals surface area contributed by atoms with E-state index in [1.54, 1.807) is 0 Å². The first kappa shape index (κ1) is 11.1. The molecule has 1 nitrogen and oxygen atoms in total. The normalized spacial score (nSPS) is 6.88. The summed E-state index contributed by atoms with van der Waals surface area (Å²) in [6, 6.07) is 0. The van der Waals surface area contributed by atoms with Gasteiger partial charge in [0.05, 0.1) is 5.34 Å². The second-order valence-corrected chi connectivity index (χ2v) is 1.86. The zero-order valence-electron chi connectivity index (χ0n) is 4.86. The average molecular weight is 157 g/mol. The number of halogens is 2. The molecule has 0 aromatic heterocycles. The van der Waals surface area contributed by atoms with Crippen molar-refractivity contribution in [1.29, 1.82) is 0 Å². The lowest BCUT2D eigenvalue weighted by Crippen LogP contribution is -1.64. The molecule has 0 aliphatic heterocycles. The van der Waals surface area contributed by atoms with Crippen molar-refractivity contribution in [3.05, 3.63) is 0 Å². The van der Waals surface area contributed by atoms with Gasteiger partial charge in [0.15, 0.2) is 0 Å². The molecular weight excluding hydrogens is 147 g/mol. The van der Waals surface area contributed by atoms with Gasteiger partial charge < -0.3 is 4.79 Å². The average Bonchev–Trinajstić information content (AvgIpc) is 1.71. The Labute approximate surface area is 60.0 Å². The standard InChI is InChI=1S/C4H8O.CH2Cl2/c1-2-3-4-5;2-1-3/h4H,2-3H2,1H3;1H2. The summed E-state index contributed by atoms with van der Waals surface area (Å²) in [6.45, 7) is 1.98. The fraction of sp³-hybridized carbons (Fsp3) is 0.800. The molecule has 0 amide bonds. The van der Waals surface area contributed by atoms with E-state index in [1.807, 2.05) is 6.92 Å². The fourth-order valence-corrected chi connectivity index (χ4v) is 0.118. The van der Waals surface area contributed by atoms with Crippen molar-refractivity contribution >= 4 is 29.5 Å². The van der Waals surface area contributed by atoms with Crippen molar-refractivity contribution in [3.63, 3.8) is 0 Å². The first-order chi connectivity index (χ1) is 3.83. The second-order valence-electron chi connectivity index (χ2n) is 1.06. The van der Waals surface area contributed by atoms with Crippen LogP contribution in [0, 0.1) is 0 Å². The zero-order chi connectivity index (χ0) is 6.83. The Morgan fingerprint density at radius 1 is 1.50 bits per heavy atom. The Morgan fingerprint density at radius 2 is 1.88 bits per heavy atom. The number of hydrogen-bond acceptors (Lipinski definition) is 1. The van der Waals surface area contributed by atoms with Crippen LogP contribution < -0.4 is 0 Å². The van der Waals surface area contributed by atoms with Crippen molar-refractivity contribution in [2.75, 3.05) is 5.34 Å². The van der Waals surface area contributed by atoms with Gasteiger partial charge in [-0.2, -0.15) is 0 Å². The third kappa shape index (κ3) is 34.0. The van der Waals surface area contributed by atoms with Crippen LogP contribution in [0.4, 0.5) is 0 Å². The van der Waals surface area contributed by atoms with Crippen LogP contribution in [-0.4, -0.2) is 11.6 Å². The molecule has 0 radical (unpaired) electrons. The minimum absolute atomic E-state index is 0.194. The maximum atomic E-state index is 9.40. The van der Waals surface area contributed by atoms with Crippen LogP contribution in [0.5, 0.6) is 0 Å². The number of carbonyl (C=O) groups is 1. The summed E-state index contributed by atoms with van der Waals surface area (Å²) in [5, 5.41) is 0.194. The van der Waals surface area contributed by atoms with Crippen LogP contribution >= 0.6 is 23.2 Å². The summed E-state index contributed by atoms with van der Waals surface area (Å²) < 4.78 is 0. The molecule has 0 atom stereocenters. The Bertz CT molecular complexity index is 39.4. The molecule has 0 N–H and O–H groups in total. The molecule has 0 heterocycles. The highest BCUT2D eigenvalue weighted by Gasteiger charge is 1.66. The van der Waals surface area contributed by atoms with Crippen molar-refractivity contribution in [3.8, 4) is 0 Å². The summed E-state index contributed by atoms with van der Waals surface area (Å²) in [4.78, 5) is 9.40. The van der Waals surface area contributed by atoms with Crippen LogP contribution in [0.2, 0.25) is 0 Å². The Kier molecular flexibility index (Phi) is 21.8. The Hall–Kier alpha value is 0.250. The van der Waals surface area contributed by atoms with Crippen molar-refractivity contribution in [2.24, 2.45) is 0 Å². The molecular formula is C5H10Cl2O. The number of rotatable bonds is 2. The van der Waals surface area contributed by atoms with Gasteiger partial charge in [0.25, 0.3) is 0 Å². The molecule has 0 aliphatic carbocycles. The molecule has 0 spiro atoms. The van der Waals surface area contributed by atoms with Gasteiger partial charge >= 0.3 is 0 Å². The highest BCUT2D eigenvalue weighted by atomic mass is 35.5. The predicted octanol–water partition coefficient (Wildman–Crippen LogP) is 2.41. The first-order valence-electron chi connectivity index (χ1n) is 2.39. The van der Waals surface area contributed by atoms with Crippen LogP contribution in [0.3, 0.4) is 0 Å². The lowest BCUT2D eigenvalue weighted by atomic mass is 10.4.